The van der Waals surface area contributed by atoms with E-state index >= 15 is 0 Å². The second-order valence-corrected chi connectivity index (χ2v) is 7.54. The van der Waals surface area contributed by atoms with Gasteiger partial charge in [-0.3, -0.25) is 14.5 Å². The van der Waals surface area contributed by atoms with E-state index in [1.54, 1.807) is 7.11 Å². The van der Waals surface area contributed by atoms with Gasteiger partial charge in [0.25, 0.3) is 0 Å². The Morgan fingerprint density at radius 3 is 2.70 bits per heavy atom. The van der Waals surface area contributed by atoms with Crippen molar-refractivity contribution in [2.24, 2.45) is 0 Å². The molecule has 2 aliphatic heterocycles. The second kappa shape index (κ2) is 8.74. The zero-order valence-corrected chi connectivity index (χ0v) is 16.5. The molecule has 1 aromatic rings. The number of hydrogen-bond donors (Lipinski definition) is 1. The van der Waals surface area contributed by atoms with Crippen LogP contribution in [-0.4, -0.2) is 60.4 Å². The molecule has 1 unspecified atom stereocenters. The van der Waals surface area contributed by atoms with Gasteiger partial charge in [0.15, 0.2) is 0 Å². The minimum atomic E-state index is -0.463. The third-order valence-electron chi connectivity index (χ3n) is 5.82. The van der Waals surface area contributed by atoms with E-state index in [4.69, 9.17) is 4.74 Å². The summed E-state index contributed by atoms with van der Waals surface area (Å²) in [5, 5.41) is 2.99. The quantitative estimate of drug-likeness (QED) is 0.796. The van der Waals surface area contributed by atoms with Crippen molar-refractivity contribution < 1.29 is 14.3 Å². The lowest BCUT2D eigenvalue weighted by Gasteiger charge is -2.44. The Hall–Kier alpha value is -2.08. The molecule has 0 bridgehead atoms. The zero-order valence-electron chi connectivity index (χ0n) is 16.5. The predicted molar refractivity (Wildman–Crippen MR) is 104 cm³/mol. The van der Waals surface area contributed by atoms with Crippen LogP contribution in [0.2, 0.25) is 0 Å². The van der Waals surface area contributed by atoms with Crippen LogP contribution in [0.1, 0.15) is 44.6 Å². The number of likely N-dealkylation sites (tertiary alicyclic amines) is 2. The first kappa shape index (κ1) is 19.7. The van der Waals surface area contributed by atoms with Gasteiger partial charge < -0.3 is 15.0 Å². The van der Waals surface area contributed by atoms with Gasteiger partial charge in [0.2, 0.25) is 11.8 Å². The van der Waals surface area contributed by atoms with Crippen LogP contribution < -0.4 is 10.1 Å². The maximum absolute atomic E-state index is 13.1. The van der Waals surface area contributed by atoms with Crippen LogP contribution in [0.4, 0.5) is 0 Å². The number of carbonyl (C=O) groups excluding carboxylic acids is 2. The lowest BCUT2D eigenvalue weighted by Crippen LogP contribution is -2.61. The molecule has 2 saturated heterocycles. The molecule has 1 N–H and O–H groups in total. The average Bonchev–Trinajstić information content (AvgIpc) is 3.07. The summed E-state index contributed by atoms with van der Waals surface area (Å²) < 4.78 is 5.34. The molecular weight excluding hydrogens is 342 g/mol. The summed E-state index contributed by atoms with van der Waals surface area (Å²) in [6.45, 7) is 5.29. The van der Waals surface area contributed by atoms with Gasteiger partial charge in [0.1, 0.15) is 11.3 Å². The first-order chi connectivity index (χ1) is 13.1. The number of rotatable bonds is 7. The zero-order chi connectivity index (χ0) is 19.3. The van der Waals surface area contributed by atoms with Crippen LogP contribution in [0, 0.1) is 0 Å². The van der Waals surface area contributed by atoms with Crippen LogP contribution >= 0.6 is 0 Å². The number of piperidine rings is 1. The maximum Gasteiger partial charge on any atom is 0.243 e. The van der Waals surface area contributed by atoms with Gasteiger partial charge in [-0.2, -0.15) is 0 Å². The number of nitrogens with zero attached hydrogens (tertiary/aromatic N) is 2. The fourth-order valence-electron chi connectivity index (χ4n) is 4.51. The van der Waals surface area contributed by atoms with Gasteiger partial charge in [-0.1, -0.05) is 25.1 Å². The maximum atomic E-state index is 13.1. The Morgan fingerprint density at radius 2 is 1.96 bits per heavy atom. The van der Waals surface area contributed by atoms with Crippen LogP contribution in [-0.2, 0) is 16.1 Å². The van der Waals surface area contributed by atoms with E-state index in [1.165, 1.54) is 0 Å². The van der Waals surface area contributed by atoms with Crippen LogP contribution in [0.5, 0.6) is 5.75 Å². The van der Waals surface area contributed by atoms with Crippen molar-refractivity contribution in [2.75, 3.05) is 33.3 Å². The summed E-state index contributed by atoms with van der Waals surface area (Å²) in [4.78, 5) is 29.8. The van der Waals surface area contributed by atoms with Crippen LogP contribution in [0.3, 0.4) is 0 Å². The molecule has 0 aromatic heterocycles. The summed E-state index contributed by atoms with van der Waals surface area (Å²) in [6, 6.07) is 7.68. The number of carbonyl (C=O) groups is 2. The Morgan fingerprint density at radius 1 is 1.22 bits per heavy atom. The van der Waals surface area contributed by atoms with E-state index in [0.29, 0.717) is 6.54 Å². The number of nitrogens with one attached hydrogen (secondary N) is 1. The summed E-state index contributed by atoms with van der Waals surface area (Å²) >= 11 is 0. The van der Waals surface area contributed by atoms with E-state index in [0.717, 1.165) is 63.1 Å². The normalized spacial score (nSPS) is 23.0. The molecule has 2 aliphatic rings. The molecule has 3 rings (SSSR count). The first-order valence-electron chi connectivity index (χ1n) is 10.0. The Labute approximate surface area is 161 Å². The molecule has 1 atom stereocenters. The molecule has 6 heteroatoms. The summed E-state index contributed by atoms with van der Waals surface area (Å²) in [7, 11) is 1.63. The van der Waals surface area contributed by atoms with Gasteiger partial charge in [-0.15, -0.1) is 0 Å². The summed E-state index contributed by atoms with van der Waals surface area (Å²) in [5.41, 5.74) is 0.488. The van der Waals surface area contributed by atoms with Gasteiger partial charge in [0.05, 0.1) is 13.7 Å². The Bertz CT molecular complexity index is 676. The molecule has 2 fully saturated rings. The van der Waals surface area contributed by atoms with Crippen molar-refractivity contribution in [3.8, 4) is 5.75 Å². The number of hydrogen-bond acceptors (Lipinski definition) is 4. The van der Waals surface area contributed by atoms with Crippen molar-refractivity contribution in [1.29, 1.82) is 0 Å². The molecule has 0 radical (unpaired) electrons. The van der Waals surface area contributed by atoms with Crippen molar-refractivity contribution >= 4 is 11.8 Å². The Balaban J connectivity index is 1.62. The van der Waals surface area contributed by atoms with Crippen LogP contribution in [0.25, 0.3) is 0 Å². The number of benzene rings is 1. The van der Waals surface area contributed by atoms with Gasteiger partial charge in [-0.25, -0.2) is 0 Å². The van der Waals surface area contributed by atoms with E-state index in [2.05, 4.69) is 17.1 Å². The van der Waals surface area contributed by atoms with E-state index in [-0.39, 0.29) is 18.4 Å². The van der Waals surface area contributed by atoms with Crippen molar-refractivity contribution in [3.05, 3.63) is 29.8 Å². The number of ether oxygens (including phenoxy) is 1. The minimum Gasteiger partial charge on any atom is -0.496 e. The van der Waals surface area contributed by atoms with Crippen molar-refractivity contribution in [2.45, 2.75) is 51.1 Å². The Kier molecular flexibility index (Phi) is 6.37. The third kappa shape index (κ3) is 4.10. The standard InChI is InChI=1S/C21H31N3O3/c1-3-12-23-13-6-10-21(20(23)26)11-7-14-24(21)16-19(25)22-15-17-8-4-5-9-18(17)27-2/h4-5,8-9H,3,6-7,10-16H2,1-2H3,(H,22,25). The predicted octanol–water partition coefficient (Wildman–Crippen LogP) is 2.18. The molecule has 1 aromatic carbocycles. The summed E-state index contributed by atoms with van der Waals surface area (Å²) in [6.07, 6.45) is 4.70. The SMILES string of the molecule is CCCN1CCCC2(CCCN2CC(=O)NCc2ccccc2OC)C1=O. The fraction of sp³-hybridized carbons (Fsp3) is 0.619. The monoisotopic (exact) mass is 373 g/mol. The topological polar surface area (TPSA) is 61.9 Å². The number of methoxy groups -OCH3 is 1. The highest BCUT2D eigenvalue weighted by molar-refractivity contribution is 5.88. The molecule has 0 aliphatic carbocycles. The molecule has 0 saturated carbocycles. The molecule has 6 nitrogen and oxygen atoms in total. The van der Waals surface area contributed by atoms with Gasteiger partial charge in [-0.05, 0) is 44.7 Å². The molecule has 1 spiro atoms. The highest BCUT2D eigenvalue weighted by Crippen LogP contribution is 2.38. The van der Waals surface area contributed by atoms with Crippen molar-refractivity contribution in [3.63, 3.8) is 0 Å². The minimum absolute atomic E-state index is 0.0393. The molecule has 148 valence electrons. The smallest absolute Gasteiger partial charge is 0.243 e. The second-order valence-electron chi connectivity index (χ2n) is 7.54. The fourth-order valence-corrected chi connectivity index (χ4v) is 4.51. The average molecular weight is 373 g/mol. The summed E-state index contributed by atoms with van der Waals surface area (Å²) in [5.74, 6) is 0.960. The largest absolute Gasteiger partial charge is 0.496 e. The van der Waals surface area contributed by atoms with Crippen molar-refractivity contribution in [1.82, 2.24) is 15.1 Å². The van der Waals surface area contributed by atoms with E-state index in [9.17, 15) is 9.59 Å². The highest BCUT2D eigenvalue weighted by atomic mass is 16.5. The number of amides is 2. The number of para-hydroxylation sites is 1. The molecule has 2 amide bonds. The van der Waals surface area contributed by atoms with Gasteiger partial charge >= 0.3 is 0 Å². The first-order valence-corrected chi connectivity index (χ1v) is 10.0. The lowest BCUT2D eigenvalue weighted by atomic mass is 9.85. The lowest BCUT2D eigenvalue weighted by molar-refractivity contribution is -0.148. The van der Waals surface area contributed by atoms with E-state index in [1.807, 2.05) is 29.2 Å². The highest BCUT2D eigenvalue weighted by Gasteiger charge is 2.50. The third-order valence-corrected chi connectivity index (χ3v) is 5.82. The molecule has 2 heterocycles. The van der Waals surface area contributed by atoms with Gasteiger partial charge in [0, 0.05) is 25.2 Å². The van der Waals surface area contributed by atoms with E-state index < -0.39 is 5.54 Å². The molecular formula is C21H31N3O3. The molecule has 27 heavy (non-hydrogen) atoms. The van der Waals surface area contributed by atoms with Crippen LogP contribution in [0.15, 0.2) is 24.3 Å².